The first-order valence-corrected chi connectivity index (χ1v) is 8.50. The van der Waals surface area contributed by atoms with Crippen LogP contribution in [0.3, 0.4) is 0 Å². The maximum atomic E-state index is 8.55. The van der Waals surface area contributed by atoms with E-state index in [1.54, 1.807) is 12.4 Å². The largest absolute Gasteiger partial charge is 0.383 e. The average Bonchev–Trinajstić information content (AvgIpc) is 2.17. The first-order chi connectivity index (χ1) is 6.93. The number of hydrogen-bond acceptors (Lipinski definition) is 4. The Kier molecular flexibility index (Phi) is 3.42. The van der Waals surface area contributed by atoms with Gasteiger partial charge in [-0.1, -0.05) is 19.6 Å². The standard InChI is InChI=1S/C10H16N4Si/c1-8(15(2,3)4)14-9-6-12-10(5-11)13-7-9/h6-8,14H,1-4H3. The predicted octanol–water partition coefficient (Wildman–Crippen LogP) is 2.03. The van der Waals surface area contributed by atoms with Gasteiger partial charge >= 0.3 is 0 Å². The number of anilines is 1. The van der Waals surface area contributed by atoms with Gasteiger partial charge in [-0.3, -0.25) is 0 Å². The van der Waals surface area contributed by atoms with E-state index in [1.165, 1.54) is 0 Å². The lowest BCUT2D eigenvalue weighted by Crippen LogP contribution is -2.41. The van der Waals surface area contributed by atoms with Crippen LogP contribution in [0.25, 0.3) is 0 Å². The normalized spacial score (nSPS) is 13.0. The molecule has 0 aromatic carbocycles. The molecule has 1 aromatic heterocycles. The molecular weight excluding hydrogens is 204 g/mol. The van der Waals surface area contributed by atoms with Crippen molar-refractivity contribution in [2.24, 2.45) is 0 Å². The third-order valence-electron chi connectivity index (χ3n) is 2.43. The minimum absolute atomic E-state index is 0.209. The molecule has 15 heavy (non-hydrogen) atoms. The molecular formula is C10H16N4Si. The molecule has 0 fully saturated rings. The summed E-state index contributed by atoms with van der Waals surface area (Å²) in [6.07, 6.45) is 3.31. The van der Waals surface area contributed by atoms with E-state index < -0.39 is 8.07 Å². The second-order valence-electron chi connectivity index (χ2n) is 4.64. The van der Waals surface area contributed by atoms with Crippen LogP contribution in [0.1, 0.15) is 12.7 Å². The van der Waals surface area contributed by atoms with Gasteiger partial charge < -0.3 is 5.32 Å². The van der Waals surface area contributed by atoms with E-state index in [0.717, 1.165) is 5.69 Å². The molecule has 0 aliphatic rings. The lowest BCUT2D eigenvalue weighted by atomic mass is 10.5. The van der Waals surface area contributed by atoms with Gasteiger partial charge in [-0.05, 0) is 6.92 Å². The number of nitrogens with one attached hydrogen (secondary N) is 1. The molecule has 0 bridgehead atoms. The number of nitrogens with zero attached hydrogens (tertiary/aromatic N) is 3. The van der Waals surface area contributed by atoms with Crippen molar-refractivity contribution in [1.82, 2.24) is 9.97 Å². The molecule has 0 aliphatic heterocycles. The van der Waals surface area contributed by atoms with Gasteiger partial charge in [0.1, 0.15) is 6.07 Å². The monoisotopic (exact) mass is 220 g/mol. The summed E-state index contributed by atoms with van der Waals surface area (Å²) in [7, 11) is -1.20. The minimum atomic E-state index is -1.20. The van der Waals surface area contributed by atoms with Crippen LogP contribution in [0.2, 0.25) is 19.6 Å². The SMILES string of the molecule is CC(Nc1cnc(C#N)nc1)[Si](C)(C)C. The van der Waals surface area contributed by atoms with Gasteiger partial charge in [0, 0.05) is 5.67 Å². The van der Waals surface area contributed by atoms with E-state index in [9.17, 15) is 0 Å². The third kappa shape index (κ3) is 3.33. The predicted molar refractivity (Wildman–Crippen MR) is 63.2 cm³/mol. The van der Waals surface area contributed by atoms with Crippen LogP contribution in [-0.4, -0.2) is 23.7 Å². The van der Waals surface area contributed by atoms with Gasteiger partial charge in [0.2, 0.25) is 5.82 Å². The van der Waals surface area contributed by atoms with E-state index >= 15 is 0 Å². The Balaban J connectivity index is 2.70. The van der Waals surface area contributed by atoms with Crippen molar-refractivity contribution in [3.63, 3.8) is 0 Å². The summed E-state index contributed by atoms with van der Waals surface area (Å²) in [5.74, 6) is 0.209. The lowest BCUT2D eigenvalue weighted by molar-refractivity contribution is 1.02. The van der Waals surface area contributed by atoms with Crippen LogP contribution in [-0.2, 0) is 0 Å². The molecule has 0 spiro atoms. The maximum absolute atomic E-state index is 8.55. The van der Waals surface area contributed by atoms with Crippen molar-refractivity contribution in [2.45, 2.75) is 32.2 Å². The van der Waals surface area contributed by atoms with Gasteiger partial charge in [-0.15, -0.1) is 0 Å². The highest BCUT2D eigenvalue weighted by Crippen LogP contribution is 2.13. The highest BCUT2D eigenvalue weighted by molar-refractivity contribution is 6.78. The molecule has 1 atom stereocenters. The molecule has 80 valence electrons. The summed E-state index contributed by atoms with van der Waals surface area (Å²) < 4.78 is 0. The Bertz CT molecular complexity index is 360. The smallest absolute Gasteiger partial charge is 0.232 e. The Hall–Kier alpha value is -1.41. The molecule has 0 saturated carbocycles. The molecule has 1 N–H and O–H groups in total. The maximum Gasteiger partial charge on any atom is 0.232 e. The van der Waals surface area contributed by atoms with E-state index in [-0.39, 0.29) is 5.82 Å². The fourth-order valence-electron chi connectivity index (χ4n) is 0.927. The topological polar surface area (TPSA) is 61.6 Å². The zero-order valence-electron chi connectivity index (χ0n) is 9.57. The van der Waals surface area contributed by atoms with Crippen LogP contribution < -0.4 is 5.32 Å². The van der Waals surface area contributed by atoms with E-state index in [1.807, 2.05) is 6.07 Å². The third-order valence-corrected chi connectivity index (χ3v) is 5.18. The van der Waals surface area contributed by atoms with Crippen LogP contribution in [0.5, 0.6) is 0 Å². The van der Waals surface area contributed by atoms with Gasteiger partial charge in [-0.25, -0.2) is 9.97 Å². The van der Waals surface area contributed by atoms with E-state index in [2.05, 4.69) is 41.8 Å². The highest BCUT2D eigenvalue weighted by atomic mass is 28.3. The Morgan fingerprint density at radius 2 is 1.87 bits per heavy atom. The molecule has 1 unspecified atom stereocenters. The first-order valence-electron chi connectivity index (χ1n) is 4.92. The van der Waals surface area contributed by atoms with Crippen molar-refractivity contribution in [2.75, 3.05) is 5.32 Å². The minimum Gasteiger partial charge on any atom is -0.383 e. The van der Waals surface area contributed by atoms with Gasteiger partial charge in [0.05, 0.1) is 26.2 Å². The van der Waals surface area contributed by atoms with E-state index in [4.69, 9.17) is 5.26 Å². The summed E-state index contributed by atoms with van der Waals surface area (Å²) in [6.45, 7) is 9.07. The second-order valence-corrected chi connectivity index (χ2v) is 10.2. The Morgan fingerprint density at radius 1 is 1.33 bits per heavy atom. The van der Waals surface area contributed by atoms with Gasteiger partial charge in [-0.2, -0.15) is 5.26 Å². The van der Waals surface area contributed by atoms with Gasteiger partial charge in [0.15, 0.2) is 0 Å². The van der Waals surface area contributed by atoms with Crippen molar-refractivity contribution < 1.29 is 0 Å². The first kappa shape index (κ1) is 11.7. The fourth-order valence-corrected chi connectivity index (χ4v) is 1.53. The summed E-state index contributed by atoms with van der Waals surface area (Å²) in [5.41, 5.74) is 1.33. The molecule has 1 aromatic rings. The van der Waals surface area contributed by atoms with Gasteiger partial charge in [0.25, 0.3) is 0 Å². The second kappa shape index (κ2) is 4.40. The molecule has 0 radical (unpaired) electrons. The molecule has 1 rings (SSSR count). The quantitative estimate of drug-likeness (QED) is 0.792. The van der Waals surface area contributed by atoms with Crippen LogP contribution in [0.4, 0.5) is 5.69 Å². The van der Waals surface area contributed by atoms with Crippen molar-refractivity contribution in [3.8, 4) is 6.07 Å². The number of rotatable bonds is 3. The van der Waals surface area contributed by atoms with Crippen molar-refractivity contribution in [3.05, 3.63) is 18.2 Å². The van der Waals surface area contributed by atoms with E-state index in [0.29, 0.717) is 5.67 Å². The number of hydrogen-bond donors (Lipinski definition) is 1. The molecule has 0 amide bonds. The summed E-state index contributed by atoms with van der Waals surface area (Å²) in [6, 6.07) is 1.90. The van der Waals surface area contributed by atoms with Crippen LogP contribution in [0.15, 0.2) is 12.4 Å². The highest BCUT2D eigenvalue weighted by Gasteiger charge is 2.22. The Labute approximate surface area is 91.4 Å². The molecule has 5 heteroatoms. The lowest BCUT2D eigenvalue weighted by Gasteiger charge is -2.26. The van der Waals surface area contributed by atoms with Crippen molar-refractivity contribution >= 4 is 13.8 Å². The molecule has 0 aliphatic carbocycles. The number of nitriles is 1. The summed E-state index contributed by atoms with van der Waals surface area (Å²) in [5, 5.41) is 11.9. The molecule has 4 nitrogen and oxygen atoms in total. The molecule has 1 heterocycles. The Morgan fingerprint density at radius 3 is 2.27 bits per heavy atom. The summed E-state index contributed by atoms with van der Waals surface area (Å²) in [4.78, 5) is 7.83. The van der Waals surface area contributed by atoms with Crippen molar-refractivity contribution in [1.29, 1.82) is 5.26 Å². The zero-order chi connectivity index (χ0) is 11.5. The summed E-state index contributed by atoms with van der Waals surface area (Å²) >= 11 is 0. The average molecular weight is 220 g/mol. The zero-order valence-corrected chi connectivity index (χ0v) is 10.6. The van der Waals surface area contributed by atoms with Crippen LogP contribution >= 0.6 is 0 Å². The number of aromatic nitrogens is 2. The fraction of sp³-hybridized carbons (Fsp3) is 0.500. The molecule has 0 saturated heterocycles. The van der Waals surface area contributed by atoms with Crippen LogP contribution in [0, 0.1) is 11.3 Å².